The second-order valence-corrected chi connectivity index (χ2v) is 5.71. The number of aliphatic carboxylic acids is 1. The molecule has 0 aromatic heterocycles. The van der Waals surface area contributed by atoms with Crippen LogP contribution in [0.4, 0.5) is 5.69 Å². The molecule has 0 aliphatic carbocycles. The molecule has 1 aromatic carbocycles. The molecule has 1 aromatic rings. The summed E-state index contributed by atoms with van der Waals surface area (Å²) >= 11 is 0. The summed E-state index contributed by atoms with van der Waals surface area (Å²) in [6, 6.07) is 3.90. The number of carboxylic acid groups (broad SMARTS) is 1. The van der Waals surface area contributed by atoms with Crippen LogP contribution >= 0.6 is 0 Å². The van der Waals surface area contributed by atoms with Crippen molar-refractivity contribution in [3.8, 4) is 0 Å². The Bertz CT molecular complexity index is 590. The highest BCUT2D eigenvalue weighted by molar-refractivity contribution is 5.97. The maximum Gasteiger partial charge on any atom is 0.323 e. The molecular weight excluding hydrogens is 276 g/mol. The summed E-state index contributed by atoms with van der Waals surface area (Å²) in [6.45, 7) is 6.35. The van der Waals surface area contributed by atoms with Crippen molar-refractivity contribution in [1.29, 1.82) is 0 Å². The molecular formula is C14H18N2O5. The van der Waals surface area contributed by atoms with Gasteiger partial charge in [-0.25, -0.2) is 0 Å². The van der Waals surface area contributed by atoms with E-state index in [2.05, 4.69) is 0 Å². The first kappa shape index (κ1) is 16.6. The summed E-state index contributed by atoms with van der Waals surface area (Å²) in [4.78, 5) is 34.8. The van der Waals surface area contributed by atoms with Crippen molar-refractivity contribution in [2.45, 2.75) is 33.2 Å². The second-order valence-electron chi connectivity index (χ2n) is 5.71. The molecule has 0 saturated carbocycles. The standard InChI is InChI=1S/C14H18N2O5/c1-9-7-10(16(20)21)5-6-11(9)13(19)15(8-12(17)18)14(2,3)4/h5-7H,8H2,1-4H3,(H,17,18). The monoisotopic (exact) mass is 294 g/mol. The van der Waals surface area contributed by atoms with E-state index in [1.165, 1.54) is 23.1 Å². The summed E-state index contributed by atoms with van der Waals surface area (Å²) in [5, 5.41) is 19.7. The van der Waals surface area contributed by atoms with Gasteiger partial charge in [-0.15, -0.1) is 0 Å². The highest BCUT2D eigenvalue weighted by atomic mass is 16.6. The van der Waals surface area contributed by atoms with E-state index in [9.17, 15) is 19.7 Å². The van der Waals surface area contributed by atoms with Crippen LogP contribution in [0.15, 0.2) is 18.2 Å². The van der Waals surface area contributed by atoms with Crippen LogP contribution in [0, 0.1) is 17.0 Å². The van der Waals surface area contributed by atoms with Crippen molar-refractivity contribution in [2.75, 3.05) is 6.54 Å². The van der Waals surface area contributed by atoms with Gasteiger partial charge in [-0.2, -0.15) is 0 Å². The van der Waals surface area contributed by atoms with E-state index in [1.54, 1.807) is 27.7 Å². The molecule has 114 valence electrons. The molecule has 0 unspecified atom stereocenters. The predicted molar refractivity (Wildman–Crippen MR) is 76.3 cm³/mol. The van der Waals surface area contributed by atoms with Crippen molar-refractivity contribution in [2.24, 2.45) is 0 Å². The molecule has 0 saturated heterocycles. The minimum absolute atomic E-state index is 0.107. The zero-order valence-corrected chi connectivity index (χ0v) is 12.4. The Balaban J connectivity index is 3.21. The van der Waals surface area contributed by atoms with Gasteiger partial charge >= 0.3 is 5.97 Å². The number of benzene rings is 1. The molecule has 0 radical (unpaired) electrons. The number of carboxylic acids is 1. The van der Waals surface area contributed by atoms with Crippen LogP contribution in [0.5, 0.6) is 0 Å². The smallest absolute Gasteiger partial charge is 0.323 e. The van der Waals surface area contributed by atoms with Gasteiger partial charge in [0.1, 0.15) is 6.54 Å². The lowest BCUT2D eigenvalue weighted by atomic mass is 10.0. The molecule has 0 atom stereocenters. The fourth-order valence-corrected chi connectivity index (χ4v) is 1.90. The minimum atomic E-state index is -1.11. The zero-order chi connectivity index (χ0) is 16.4. The second kappa shape index (κ2) is 5.90. The van der Waals surface area contributed by atoms with Crippen molar-refractivity contribution in [1.82, 2.24) is 4.90 Å². The summed E-state index contributed by atoms with van der Waals surface area (Å²) in [7, 11) is 0. The molecule has 1 rings (SSSR count). The summed E-state index contributed by atoms with van der Waals surface area (Å²) < 4.78 is 0. The molecule has 7 heteroatoms. The zero-order valence-electron chi connectivity index (χ0n) is 12.4. The Labute approximate surface area is 122 Å². The third-order valence-corrected chi connectivity index (χ3v) is 3.00. The Morgan fingerprint density at radius 3 is 2.29 bits per heavy atom. The summed E-state index contributed by atoms with van der Waals surface area (Å²) in [6.07, 6.45) is 0. The number of rotatable bonds is 4. The minimum Gasteiger partial charge on any atom is -0.480 e. The molecule has 0 bridgehead atoms. The van der Waals surface area contributed by atoms with Gasteiger partial charge in [-0.3, -0.25) is 19.7 Å². The number of amides is 1. The number of carbonyl (C=O) groups is 2. The van der Waals surface area contributed by atoms with Gasteiger partial charge in [0, 0.05) is 23.2 Å². The molecule has 1 amide bonds. The molecule has 0 aliphatic heterocycles. The Morgan fingerprint density at radius 2 is 1.90 bits per heavy atom. The van der Waals surface area contributed by atoms with Crippen molar-refractivity contribution in [3.05, 3.63) is 39.4 Å². The quantitative estimate of drug-likeness (QED) is 0.677. The van der Waals surface area contributed by atoms with E-state index in [1.807, 2.05) is 0 Å². The van der Waals surface area contributed by atoms with Crippen LogP contribution in [0.2, 0.25) is 0 Å². The fourth-order valence-electron chi connectivity index (χ4n) is 1.90. The molecule has 0 aliphatic rings. The first-order valence-corrected chi connectivity index (χ1v) is 6.33. The molecule has 1 N–H and O–H groups in total. The van der Waals surface area contributed by atoms with Gasteiger partial charge in [0.2, 0.25) is 0 Å². The maximum absolute atomic E-state index is 12.5. The number of non-ortho nitro benzene ring substituents is 1. The highest BCUT2D eigenvalue weighted by Crippen LogP contribution is 2.22. The van der Waals surface area contributed by atoms with Crippen molar-refractivity contribution in [3.63, 3.8) is 0 Å². The number of nitro benzene ring substituents is 1. The van der Waals surface area contributed by atoms with E-state index in [0.717, 1.165) is 0 Å². The predicted octanol–water partition coefficient (Wildman–Crippen LogP) is 2.23. The lowest BCUT2D eigenvalue weighted by Crippen LogP contribution is -2.48. The van der Waals surface area contributed by atoms with Crippen LogP contribution < -0.4 is 0 Å². The molecule has 21 heavy (non-hydrogen) atoms. The number of hydrogen-bond acceptors (Lipinski definition) is 4. The Morgan fingerprint density at radius 1 is 1.33 bits per heavy atom. The van der Waals surface area contributed by atoms with E-state index in [-0.39, 0.29) is 11.3 Å². The molecule has 7 nitrogen and oxygen atoms in total. The lowest BCUT2D eigenvalue weighted by molar-refractivity contribution is -0.384. The van der Waals surface area contributed by atoms with Crippen molar-refractivity contribution < 1.29 is 19.6 Å². The first-order valence-electron chi connectivity index (χ1n) is 6.33. The van der Waals surface area contributed by atoms with Crippen LogP contribution in [0.3, 0.4) is 0 Å². The topological polar surface area (TPSA) is 101 Å². The average molecular weight is 294 g/mol. The molecule has 0 fully saturated rings. The number of nitrogens with zero attached hydrogens (tertiary/aromatic N) is 2. The third-order valence-electron chi connectivity index (χ3n) is 3.00. The van der Waals surface area contributed by atoms with Gasteiger partial charge in [-0.05, 0) is 39.3 Å². The van der Waals surface area contributed by atoms with Gasteiger partial charge < -0.3 is 10.0 Å². The van der Waals surface area contributed by atoms with Crippen LogP contribution in [0.1, 0.15) is 36.7 Å². The number of hydrogen-bond donors (Lipinski definition) is 1. The van der Waals surface area contributed by atoms with E-state index >= 15 is 0 Å². The highest BCUT2D eigenvalue weighted by Gasteiger charge is 2.30. The fraction of sp³-hybridized carbons (Fsp3) is 0.429. The number of aryl methyl sites for hydroxylation is 1. The normalized spacial score (nSPS) is 11.0. The van der Waals surface area contributed by atoms with Gasteiger partial charge in [0.05, 0.1) is 4.92 Å². The third kappa shape index (κ3) is 4.01. The summed E-state index contributed by atoms with van der Waals surface area (Å²) in [5.74, 6) is -1.57. The number of nitro groups is 1. The van der Waals surface area contributed by atoms with Crippen LogP contribution in [0.25, 0.3) is 0 Å². The van der Waals surface area contributed by atoms with Crippen LogP contribution in [-0.4, -0.2) is 38.9 Å². The SMILES string of the molecule is Cc1cc([N+](=O)[O-])ccc1C(=O)N(CC(=O)O)C(C)(C)C. The molecule has 0 heterocycles. The summed E-state index contributed by atoms with van der Waals surface area (Å²) in [5.41, 5.74) is -0.0841. The van der Waals surface area contributed by atoms with Crippen molar-refractivity contribution >= 4 is 17.6 Å². The lowest BCUT2D eigenvalue weighted by Gasteiger charge is -2.34. The van der Waals surface area contributed by atoms with Crippen LogP contribution in [-0.2, 0) is 4.79 Å². The molecule has 0 spiro atoms. The average Bonchev–Trinajstić information content (AvgIpc) is 2.33. The van der Waals surface area contributed by atoms with E-state index in [0.29, 0.717) is 5.56 Å². The largest absolute Gasteiger partial charge is 0.480 e. The van der Waals surface area contributed by atoms with E-state index < -0.39 is 28.9 Å². The van der Waals surface area contributed by atoms with Gasteiger partial charge in [0.25, 0.3) is 11.6 Å². The van der Waals surface area contributed by atoms with Gasteiger partial charge in [0.15, 0.2) is 0 Å². The number of carbonyl (C=O) groups excluding carboxylic acids is 1. The Kier molecular flexibility index (Phi) is 4.67. The first-order chi connectivity index (χ1) is 9.54. The maximum atomic E-state index is 12.5. The van der Waals surface area contributed by atoms with E-state index in [4.69, 9.17) is 5.11 Å². The Hall–Kier alpha value is -2.44. The van der Waals surface area contributed by atoms with Gasteiger partial charge in [-0.1, -0.05) is 0 Å².